The normalized spacial score (nSPS) is 29.3. The Morgan fingerprint density at radius 1 is 1.14 bits per heavy atom. The molecule has 5 rings (SSSR count). The second-order valence-corrected chi connectivity index (χ2v) is 7.87. The number of halogens is 6. The van der Waals surface area contributed by atoms with Gasteiger partial charge in [0.15, 0.2) is 5.69 Å². The molecule has 4 atom stereocenters. The highest BCUT2D eigenvalue weighted by Crippen LogP contribution is 2.48. The topological polar surface area (TPSA) is 69.6 Å². The number of hydrogen-bond donors (Lipinski definition) is 1. The summed E-state index contributed by atoms with van der Waals surface area (Å²) < 4.78 is 79.1. The lowest BCUT2D eigenvalue weighted by molar-refractivity contribution is -0.160. The first-order chi connectivity index (χ1) is 13.4. The van der Waals surface area contributed by atoms with E-state index in [0.29, 0.717) is 13.1 Å². The molecule has 3 aliphatic heterocycles. The van der Waals surface area contributed by atoms with Crippen molar-refractivity contribution in [2.45, 2.75) is 37.7 Å². The molecule has 4 fully saturated rings. The van der Waals surface area contributed by atoms with Crippen molar-refractivity contribution < 1.29 is 36.2 Å². The zero-order valence-electron chi connectivity index (χ0n) is 15.0. The predicted molar refractivity (Wildman–Crippen MR) is 88.4 cm³/mol. The van der Waals surface area contributed by atoms with Crippen LogP contribution in [0.25, 0.3) is 0 Å². The number of fused-ring (bicyclic) bond motifs is 2. The van der Waals surface area contributed by atoms with Crippen LogP contribution in [0, 0.1) is 17.8 Å². The van der Waals surface area contributed by atoms with Crippen molar-refractivity contribution in [2.24, 2.45) is 17.8 Å². The molecule has 6 nitrogen and oxygen atoms in total. The highest BCUT2D eigenvalue weighted by atomic mass is 19.4. The summed E-state index contributed by atoms with van der Waals surface area (Å²) in [6, 6.07) is -1.14. The Balaban J connectivity index is 1.60. The van der Waals surface area contributed by atoms with Gasteiger partial charge in [-0.2, -0.15) is 31.3 Å². The number of nitrogens with zero attached hydrogens (tertiary/aromatic N) is 4. The van der Waals surface area contributed by atoms with E-state index in [1.165, 1.54) is 0 Å². The van der Waals surface area contributed by atoms with E-state index in [-0.39, 0.29) is 43.0 Å². The van der Waals surface area contributed by atoms with E-state index < -0.39 is 36.0 Å². The standard InChI is InChI=1S/C17H18F6N4O2/c18-16(19,20)11-5-13(25-15(24-11)27-2-1-12(27)17(21,22)23)26-6-8-3-9(7-26)10(8)4-14(28)29/h5,8-10,12H,1-4,6-7H2,(H,28,29)/t8-,9+,10?,12-/m0/s1. The van der Waals surface area contributed by atoms with Crippen LogP contribution in [0.4, 0.5) is 38.1 Å². The monoisotopic (exact) mass is 424 g/mol. The Morgan fingerprint density at radius 2 is 1.79 bits per heavy atom. The number of carboxylic acid groups (broad SMARTS) is 1. The van der Waals surface area contributed by atoms with Crippen LogP contribution in [-0.2, 0) is 11.0 Å². The zero-order valence-corrected chi connectivity index (χ0v) is 15.0. The molecule has 1 aliphatic carbocycles. The second-order valence-electron chi connectivity index (χ2n) is 7.87. The lowest BCUT2D eigenvalue weighted by atomic mass is 9.60. The minimum atomic E-state index is -4.82. The van der Waals surface area contributed by atoms with Crippen LogP contribution in [0.3, 0.4) is 0 Å². The number of rotatable bonds is 4. The predicted octanol–water partition coefficient (Wildman–Crippen LogP) is 3.18. The van der Waals surface area contributed by atoms with Crippen molar-refractivity contribution in [3.63, 3.8) is 0 Å². The lowest BCUT2D eigenvalue weighted by Crippen LogP contribution is -2.57. The fraction of sp³-hybridized carbons (Fsp3) is 0.706. The van der Waals surface area contributed by atoms with Gasteiger partial charge in [-0.3, -0.25) is 4.79 Å². The zero-order chi connectivity index (χ0) is 21.1. The minimum Gasteiger partial charge on any atom is -0.481 e. The summed E-state index contributed by atoms with van der Waals surface area (Å²) in [7, 11) is 0. The summed E-state index contributed by atoms with van der Waals surface area (Å²) in [6.45, 7) is 0.576. The minimum absolute atomic E-state index is 0.00698. The molecule has 12 heteroatoms. The number of anilines is 2. The fourth-order valence-electron chi connectivity index (χ4n) is 4.53. The van der Waals surface area contributed by atoms with Crippen LogP contribution >= 0.6 is 0 Å². The van der Waals surface area contributed by atoms with Crippen molar-refractivity contribution in [1.29, 1.82) is 0 Å². The molecule has 29 heavy (non-hydrogen) atoms. The number of alkyl halides is 6. The van der Waals surface area contributed by atoms with E-state index in [1.54, 1.807) is 4.90 Å². The first kappa shape index (κ1) is 20.0. The van der Waals surface area contributed by atoms with Gasteiger partial charge in [0.25, 0.3) is 0 Å². The Hall–Kier alpha value is -2.27. The number of carboxylic acids is 1. The Bertz CT molecular complexity index is 802. The van der Waals surface area contributed by atoms with Crippen LogP contribution in [0.15, 0.2) is 6.07 Å². The molecule has 0 aromatic carbocycles. The summed E-state index contributed by atoms with van der Waals surface area (Å²) in [4.78, 5) is 20.7. The Kier molecular flexibility index (Phi) is 4.57. The molecule has 4 aliphatic rings. The first-order valence-corrected chi connectivity index (χ1v) is 9.20. The largest absolute Gasteiger partial charge is 0.481 e. The molecule has 1 saturated carbocycles. The van der Waals surface area contributed by atoms with Gasteiger partial charge in [0, 0.05) is 32.1 Å². The SMILES string of the molecule is O=C(O)CC1[C@@H]2C[C@H]1CN(c1cc(C(F)(F)F)nc(N3CC[C@H]3C(F)(F)F)n1)C2. The van der Waals surface area contributed by atoms with E-state index in [0.717, 1.165) is 17.4 Å². The Labute approximate surface area is 161 Å². The van der Waals surface area contributed by atoms with Gasteiger partial charge in [0.1, 0.15) is 11.9 Å². The molecule has 0 spiro atoms. The van der Waals surface area contributed by atoms with Crippen molar-refractivity contribution in [2.75, 3.05) is 29.4 Å². The van der Waals surface area contributed by atoms with Gasteiger partial charge in [-0.25, -0.2) is 4.98 Å². The van der Waals surface area contributed by atoms with Gasteiger partial charge >= 0.3 is 18.3 Å². The maximum atomic E-state index is 13.3. The number of carbonyl (C=O) groups is 1. The molecule has 0 radical (unpaired) electrons. The fourth-order valence-corrected chi connectivity index (χ4v) is 4.53. The lowest BCUT2D eigenvalue weighted by Gasteiger charge is -2.53. The summed E-state index contributed by atoms with van der Waals surface area (Å²) >= 11 is 0. The van der Waals surface area contributed by atoms with Crippen LogP contribution in [0.5, 0.6) is 0 Å². The average Bonchev–Trinajstić information content (AvgIpc) is 2.56. The van der Waals surface area contributed by atoms with Crippen LogP contribution in [-0.4, -0.2) is 52.9 Å². The smallest absolute Gasteiger partial charge is 0.433 e. The van der Waals surface area contributed by atoms with Crippen molar-refractivity contribution in [1.82, 2.24) is 9.97 Å². The van der Waals surface area contributed by atoms with Gasteiger partial charge in [0.2, 0.25) is 5.95 Å². The van der Waals surface area contributed by atoms with Crippen LogP contribution in [0.1, 0.15) is 25.0 Å². The third-order valence-electron chi connectivity index (χ3n) is 6.11. The highest BCUT2D eigenvalue weighted by Gasteiger charge is 2.51. The van der Waals surface area contributed by atoms with E-state index in [9.17, 15) is 31.1 Å². The molecule has 3 saturated heterocycles. The quantitative estimate of drug-likeness (QED) is 0.749. The highest BCUT2D eigenvalue weighted by molar-refractivity contribution is 5.67. The maximum Gasteiger partial charge on any atom is 0.433 e. The molecule has 1 aromatic rings. The first-order valence-electron chi connectivity index (χ1n) is 9.20. The molecule has 0 amide bonds. The molecule has 4 heterocycles. The van der Waals surface area contributed by atoms with Gasteiger partial charge in [-0.05, 0) is 30.6 Å². The van der Waals surface area contributed by atoms with E-state index in [2.05, 4.69) is 9.97 Å². The third-order valence-corrected chi connectivity index (χ3v) is 6.11. The summed E-state index contributed by atoms with van der Waals surface area (Å²) in [5.74, 6) is -1.56. The number of aromatic nitrogens is 2. The van der Waals surface area contributed by atoms with E-state index >= 15 is 0 Å². The van der Waals surface area contributed by atoms with Gasteiger partial charge in [-0.15, -0.1) is 0 Å². The van der Waals surface area contributed by atoms with Crippen molar-refractivity contribution in [3.05, 3.63) is 11.8 Å². The third kappa shape index (κ3) is 3.68. The second kappa shape index (κ2) is 6.63. The summed E-state index contributed by atoms with van der Waals surface area (Å²) in [6.07, 6.45) is -8.82. The molecule has 1 unspecified atom stereocenters. The van der Waals surface area contributed by atoms with Crippen molar-refractivity contribution in [3.8, 4) is 0 Å². The van der Waals surface area contributed by atoms with E-state index in [1.807, 2.05) is 0 Å². The molecule has 2 bridgehead atoms. The van der Waals surface area contributed by atoms with Crippen LogP contribution < -0.4 is 9.80 Å². The number of aliphatic carboxylic acids is 1. The molecule has 1 aromatic heterocycles. The van der Waals surface area contributed by atoms with Gasteiger partial charge in [0.05, 0.1) is 0 Å². The summed E-state index contributed by atoms with van der Waals surface area (Å²) in [5.41, 5.74) is -1.29. The van der Waals surface area contributed by atoms with Crippen molar-refractivity contribution >= 4 is 17.7 Å². The van der Waals surface area contributed by atoms with Gasteiger partial charge in [-0.1, -0.05) is 0 Å². The molecular formula is C17H18F6N4O2. The van der Waals surface area contributed by atoms with E-state index in [4.69, 9.17) is 5.11 Å². The number of piperidine rings is 2. The van der Waals surface area contributed by atoms with Gasteiger partial charge < -0.3 is 14.9 Å². The number of hydrogen-bond acceptors (Lipinski definition) is 5. The summed E-state index contributed by atoms with van der Waals surface area (Å²) in [5, 5.41) is 8.98. The average molecular weight is 424 g/mol. The molecular weight excluding hydrogens is 406 g/mol. The molecule has 160 valence electrons. The molecule has 1 N–H and O–H groups in total. The Morgan fingerprint density at radius 3 is 2.28 bits per heavy atom. The maximum absolute atomic E-state index is 13.3. The van der Waals surface area contributed by atoms with Crippen LogP contribution in [0.2, 0.25) is 0 Å².